The summed E-state index contributed by atoms with van der Waals surface area (Å²) < 4.78 is 37.1. The van der Waals surface area contributed by atoms with E-state index in [0.29, 0.717) is 19.3 Å². The third-order valence-electron chi connectivity index (χ3n) is 3.02. The summed E-state index contributed by atoms with van der Waals surface area (Å²) in [5.74, 6) is -0.669. The maximum atomic E-state index is 13.0. The molecule has 0 saturated heterocycles. The van der Waals surface area contributed by atoms with Crippen LogP contribution in [-0.4, -0.2) is 14.2 Å². The van der Waals surface area contributed by atoms with E-state index in [-0.39, 0.29) is 15.7 Å². The molecule has 0 saturated carbocycles. The van der Waals surface area contributed by atoms with Gasteiger partial charge in [0.1, 0.15) is 5.82 Å². The van der Waals surface area contributed by atoms with E-state index >= 15 is 0 Å². The minimum absolute atomic E-state index is 0.0310. The van der Waals surface area contributed by atoms with E-state index in [1.807, 2.05) is 13.8 Å². The van der Waals surface area contributed by atoms with Gasteiger partial charge in [-0.15, -0.1) is 0 Å². The second-order valence-electron chi connectivity index (χ2n) is 5.35. The fraction of sp³-hybridized carbons (Fsp3) is 0.500. The first-order valence-electron chi connectivity index (χ1n) is 6.27. The average molecular weight is 318 g/mol. The second kappa shape index (κ2) is 6.55. The maximum absolute atomic E-state index is 13.0. The van der Waals surface area contributed by atoms with Crippen LogP contribution < -0.4 is 0 Å². The van der Waals surface area contributed by atoms with Crippen molar-refractivity contribution in [1.29, 1.82) is 5.26 Å². The predicted molar refractivity (Wildman–Crippen MR) is 76.7 cm³/mol. The molecule has 0 aliphatic rings. The van der Waals surface area contributed by atoms with Crippen molar-refractivity contribution in [1.82, 2.24) is 0 Å². The molecular formula is C14H17ClFNO2S. The number of sulfone groups is 1. The zero-order valence-corrected chi connectivity index (χ0v) is 13.1. The van der Waals surface area contributed by atoms with Crippen LogP contribution in [0, 0.1) is 22.6 Å². The predicted octanol–water partition coefficient (Wildman–Crippen LogP) is 3.97. The van der Waals surface area contributed by atoms with Crippen molar-refractivity contribution < 1.29 is 12.8 Å². The molecule has 6 heteroatoms. The number of unbranched alkanes of at least 4 members (excludes halogenated alkanes) is 1. The fourth-order valence-corrected chi connectivity index (χ4v) is 3.34. The van der Waals surface area contributed by atoms with E-state index in [1.165, 1.54) is 6.07 Å². The van der Waals surface area contributed by atoms with Crippen molar-refractivity contribution >= 4 is 21.4 Å². The van der Waals surface area contributed by atoms with Crippen LogP contribution in [0.25, 0.3) is 0 Å². The molecule has 20 heavy (non-hydrogen) atoms. The molecule has 0 heterocycles. The molecule has 1 rings (SSSR count). The van der Waals surface area contributed by atoms with Gasteiger partial charge in [-0.2, -0.15) is 5.26 Å². The quantitative estimate of drug-likeness (QED) is 0.589. The Morgan fingerprint density at radius 3 is 2.55 bits per heavy atom. The summed E-state index contributed by atoms with van der Waals surface area (Å²) in [6.45, 7) is 3.64. The van der Waals surface area contributed by atoms with Crippen LogP contribution in [-0.2, 0) is 9.84 Å². The first kappa shape index (κ1) is 16.9. The molecule has 0 fully saturated rings. The summed E-state index contributed by atoms with van der Waals surface area (Å²) in [4.78, 5) is 0.0310. The molecule has 0 atom stereocenters. The lowest BCUT2D eigenvalue weighted by molar-refractivity contribution is 0.431. The van der Waals surface area contributed by atoms with Crippen molar-refractivity contribution in [3.05, 3.63) is 29.0 Å². The van der Waals surface area contributed by atoms with Gasteiger partial charge in [0.2, 0.25) is 0 Å². The second-order valence-corrected chi connectivity index (χ2v) is 7.86. The summed E-state index contributed by atoms with van der Waals surface area (Å²) in [6.07, 6.45) is 1.75. The Morgan fingerprint density at radius 1 is 1.35 bits per heavy atom. The minimum atomic E-state index is -3.46. The van der Waals surface area contributed by atoms with Crippen molar-refractivity contribution in [3.8, 4) is 6.07 Å². The minimum Gasteiger partial charge on any atom is -0.224 e. The molecule has 0 N–H and O–H groups in total. The van der Waals surface area contributed by atoms with Crippen molar-refractivity contribution in [2.75, 3.05) is 5.75 Å². The largest absolute Gasteiger partial charge is 0.224 e. The fourth-order valence-electron chi connectivity index (χ4n) is 1.70. The highest BCUT2D eigenvalue weighted by atomic mass is 35.5. The SMILES string of the molecule is CC(C)(C#N)CCCCS(=O)(=O)c1ccc(F)c(Cl)c1. The number of hydrogen-bond acceptors (Lipinski definition) is 3. The van der Waals surface area contributed by atoms with Crippen LogP contribution in [0.2, 0.25) is 5.02 Å². The van der Waals surface area contributed by atoms with Crippen molar-refractivity contribution in [2.45, 2.75) is 38.0 Å². The van der Waals surface area contributed by atoms with E-state index in [1.54, 1.807) is 0 Å². The zero-order chi connectivity index (χ0) is 15.4. The van der Waals surface area contributed by atoms with E-state index < -0.39 is 21.1 Å². The average Bonchev–Trinajstić information content (AvgIpc) is 2.38. The molecular weight excluding hydrogens is 301 g/mol. The normalized spacial score (nSPS) is 12.2. The lowest BCUT2D eigenvalue weighted by Gasteiger charge is -2.14. The number of nitrogens with zero attached hydrogens (tertiary/aromatic N) is 1. The monoisotopic (exact) mass is 317 g/mol. The molecule has 0 unspecified atom stereocenters. The van der Waals surface area contributed by atoms with Crippen LogP contribution in [0.3, 0.4) is 0 Å². The third kappa shape index (κ3) is 4.77. The van der Waals surface area contributed by atoms with Gasteiger partial charge in [0.25, 0.3) is 0 Å². The van der Waals surface area contributed by atoms with Crippen LogP contribution in [0.4, 0.5) is 4.39 Å². The van der Waals surface area contributed by atoms with E-state index in [9.17, 15) is 12.8 Å². The highest BCUT2D eigenvalue weighted by molar-refractivity contribution is 7.91. The van der Waals surface area contributed by atoms with Gasteiger partial charge < -0.3 is 0 Å². The summed E-state index contributed by atoms with van der Waals surface area (Å²) in [6, 6.07) is 5.57. The highest BCUT2D eigenvalue weighted by Gasteiger charge is 2.19. The standard InChI is InChI=1S/C14H17ClFNO2S/c1-14(2,10-17)7-3-4-8-20(18,19)11-5-6-13(16)12(15)9-11/h5-6,9H,3-4,7-8H2,1-2H3. The molecule has 0 aromatic heterocycles. The Morgan fingerprint density at radius 2 is 2.00 bits per heavy atom. The Hall–Kier alpha value is -1.12. The van der Waals surface area contributed by atoms with Crippen LogP contribution in [0.1, 0.15) is 33.1 Å². The lowest BCUT2D eigenvalue weighted by atomic mass is 9.89. The Bertz CT molecular complexity index is 621. The van der Waals surface area contributed by atoms with Gasteiger partial charge in [-0.25, -0.2) is 12.8 Å². The smallest absolute Gasteiger partial charge is 0.178 e. The van der Waals surface area contributed by atoms with Gasteiger partial charge >= 0.3 is 0 Å². The van der Waals surface area contributed by atoms with Gasteiger partial charge in [-0.1, -0.05) is 18.0 Å². The van der Waals surface area contributed by atoms with Crippen LogP contribution in [0.5, 0.6) is 0 Å². The topological polar surface area (TPSA) is 57.9 Å². The van der Waals surface area contributed by atoms with Gasteiger partial charge in [-0.05, 0) is 44.9 Å². The Kier molecular flexibility index (Phi) is 5.55. The summed E-state index contributed by atoms with van der Waals surface area (Å²) in [5.41, 5.74) is -0.442. The van der Waals surface area contributed by atoms with Gasteiger partial charge in [0.15, 0.2) is 9.84 Å². The summed E-state index contributed by atoms with van der Waals surface area (Å²) in [7, 11) is -3.46. The first-order chi connectivity index (χ1) is 9.18. The van der Waals surface area contributed by atoms with Crippen molar-refractivity contribution in [2.24, 2.45) is 5.41 Å². The number of hydrogen-bond donors (Lipinski definition) is 0. The Balaban J connectivity index is 2.63. The molecule has 1 aromatic carbocycles. The molecule has 0 aliphatic carbocycles. The first-order valence-corrected chi connectivity index (χ1v) is 8.30. The van der Waals surface area contributed by atoms with Crippen LogP contribution in [0.15, 0.2) is 23.1 Å². The van der Waals surface area contributed by atoms with E-state index in [0.717, 1.165) is 12.1 Å². The van der Waals surface area contributed by atoms with E-state index in [4.69, 9.17) is 16.9 Å². The summed E-state index contributed by atoms with van der Waals surface area (Å²) >= 11 is 5.58. The van der Waals surface area contributed by atoms with Gasteiger partial charge in [-0.3, -0.25) is 0 Å². The zero-order valence-electron chi connectivity index (χ0n) is 11.5. The van der Waals surface area contributed by atoms with E-state index in [2.05, 4.69) is 6.07 Å². The maximum Gasteiger partial charge on any atom is 0.178 e. The van der Waals surface area contributed by atoms with Crippen molar-refractivity contribution in [3.63, 3.8) is 0 Å². The van der Waals surface area contributed by atoms with Gasteiger partial charge in [0.05, 0.1) is 27.2 Å². The third-order valence-corrected chi connectivity index (χ3v) is 5.11. The lowest BCUT2D eigenvalue weighted by Crippen LogP contribution is -2.10. The number of nitriles is 1. The summed E-state index contributed by atoms with van der Waals surface area (Å²) in [5, 5.41) is 8.67. The molecule has 0 amide bonds. The molecule has 110 valence electrons. The molecule has 0 bridgehead atoms. The highest BCUT2D eigenvalue weighted by Crippen LogP contribution is 2.24. The van der Waals surface area contributed by atoms with Gasteiger partial charge in [0, 0.05) is 0 Å². The molecule has 0 aliphatic heterocycles. The van der Waals surface area contributed by atoms with Crippen LogP contribution >= 0.6 is 11.6 Å². The molecule has 3 nitrogen and oxygen atoms in total. The number of benzene rings is 1. The molecule has 1 aromatic rings. The molecule has 0 radical (unpaired) electrons. The Labute approximate surface area is 124 Å². The molecule has 0 spiro atoms. The number of rotatable bonds is 6. The number of halogens is 2.